The Morgan fingerprint density at radius 2 is 1.95 bits per heavy atom. The highest BCUT2D eigenvalue weighted by molar-refractivity contribution is 5.78. The number of anilines is 1. The summed E-state index contributed by atoms with van der Waals surface area (Å²) in [7, 11) is 0. The van der Waals surface area contributed by atoms with Gasteiger partial charge in [0.25, 0.3) is 0 Å². The molecule has 0 amide bonds. The molecule has 106 valence electrons. The van der Waals surface area contributed by atoms with Crippen molar-refractivity contribution in [3.05, 3.63) is 42.2 Å². The summed E-state index contributed by atoms with van der Waals surface area (Å²) in [5.74, 6) is 0.120. The normalized spacial score (nSPS) is 11.4. The first-order valence-corrected chi connectivity index (χ1v) is 5.88. The van der Waals surface area contributed by atoms with Crippen LogP contribution >= 0.6 is 0 Å². The molecular formula is C14H13F3N2O. The first-order valence-electron chi connectivity index (χ1n) is 5.88. The number of benzene rings is 1. The van der Waals surface area contributed by atoms with Gasteiger partial charge in [0.05, 0.1) is 0 Å². The molecule has 1 aromatic heterocycles. The van der Waals surface area contributed by atoms with Crippen molar-refractivity contribution in [3.8, 4) is 16.9 Å². The van der Waals surface area contributed by atoms with Crippen molar-refractivity contribution in [1.82, 2.24) is 4.98 Å². The highest BCUT2D eigenvalue weighted by atomic mass is 19.4. The molecule has 0 aliphatic rings. The molecule has 0 saturated carbocycles. The fourth-order valence-electron chi connectivity index (χ4n) is 1.79. The van der Waals surface area contributed by atoms with Gasteiger partial charge >= 0.3 is 6.18 Å². The lowest BCUT2D eigenvalue weighted by Gasteiger charge is -2.13. The Morgan fingerprint density at radius 1 is 1.20 bits per heavy atom. The fraction of sp³-hybridized carbons (Fsp3) is 0.214. The zero-order valence-corrected chi connectivity index (χ0v) is 10.7. The van der Waals surface area contributed by atoms with Gasteiger partial charge in [-0.3, -0.25) is 4.98 Å². The Hall–Kier alpha value is -2.24. The molecule has 2 aromatic rings. The van der Waals surface area contributed by atoms with Crippen LogP contribution in [-0.2, 0) is 0 Å². The molecule has 0 bridgehead atoms. The molecule has 6 heteroatoms. The summed E-state index contributed by atoms with van der Waals surface area (Å²) in [5.41, 5.74) is 8.44. The lowest BCUT2D eigenvalue weighted by Crippen LogP contribution is -2.19. The maximum Gasteiger partial charge on any atom is 0.422 e. The third-order valence-electron chi connectivity index (χ3n) is 2.72. The van der Waals surface area contributed by atoms with Gasteiger partial charge in [-0.1, -0.05) is 6.07 Å². The highest BCUT2D eigenvalue weighted by Crippen LogP contribution is 2.31. The summed E-state index contributed by atoms with van der Waals surface area (Å²) >= 11 is 0. The quantitative estimate of drug-likeness (QED) is 0.875. The zero-order valence-electron chi connectivity index (χ0n) is 10.7. The topological polar surface area (TPSA) is 48.1 Å². The molecule has 0 radical (unpaired) electrons. The van der Waals surface area contributed by atoms with Crippen LogP contribution in [0.3, 0.4) is 0 Å². The maximum absolute atomic E-state index is 12.1. The minimum absolute atomic E-state index is 0.120. The summed E-state index contributed by atoms with van der Waals surface area (Å²) in [6.45, 7) is 0.473. The first kappa shape index (κ1) is 14.2. The molecule has 2 N–H and O–H groups in total. The van der Waals surface area contributed by atoms with Gasteiger partial charge in [-0.2, -0.15) is 13.2 Å². The van der Waals surface area contributed by atoms with Crippen LogP contribution in [-0.4, -0.2) is 17.8 Å². The third kappa shape index (κ3) is 3.40. The number of nitrogens with zero attached hydrogens (tertiary/aromatic N) is 1. The molecule has 0 fully saturated rings. The van der Waals surface area contributed by atoms with Gasteiger partial charge in [-0.15, -0.1) is 0 Å². The number of pyridine rings is 1. The smallest absolute Gasteiger partial charge is 0.422 e. The van der Waals surface area contributed by atoms with Crippen LogP contribution in [0.2, 0.25) is 0 Å². The second-order valence-corrected chi connectivity index (χ2v) is 4.29. The van der Waals surface area contributed by atoms with Gasteiger partial charge in [-0.05, 0) is 31.2 Å². The average Bonchev–Trinajstić information content (AvgIpc) is 2.38. The van der Waals surface area contributed by atoms with Gasteiger partial charge in [-0.25, -0.2) is 0 Å². The molecule has 0 aliphatic carbocycles. The number of aryl methyl sites for hydroxylation is 1. The van der Waals surface area contributed by atoms with Crippen molar-refractivity contribution in [3.63, 3.8) is 0 Å². The van der Waals surface area contributed by atoms with Gasteiger partial charge in [0.15, 0.2) is 6.61 Å². The van der Waals surface area contributed by atoms with E-state index in [1.54, 1.807) is 19.2 Å². The van der Waals surface area contributed by atoms with Crippen LogP contribution in [0, 0.1) is 6.92 Å². The molecule has 1 heterocycles. The van der Waals surface area contributed by atoms with Crippen molar-refractivity contribution in [1.29, 1.82) is 0 Å². The molecule has 0 atom stereocenters. The standard InChI is InChI=1S/C14H13F3N2O/c1-9-11(3-2-6-19-9)12-7-10(4-5-13(12)18)20-8-14(15,16)17/h2-7H,8,18H2,1H3. The van der Waals surface area contributed by atoms with Crippen LogP contribution in [0.5, 0.6) is 5.75 Å². The van der Waals surface area contributed by atoms with Crippen molar-refractivity contribution in [2.75, 3.05) is 12.3 Å². The third-order valence-corrected chi connectivity index (χ3v) is 2.72. The van der Waals surface area contributed by atoms with E-state index in [0.29, 0.717) is 11.3 Å². The molecule has 0 saturated heterocycles. The molecule has 20 heavy (non-hydrogen) atoms. The number of hydrogen-bond donors (Lipinski definition) is 1. The predicted molar refractivity (Wildman–Crippen MR) is 70.4 cm³/mol. The number of hydrogen-bond acceptors (Lipinski definition) is 3. The van der Waals surface area contributed by atoms with E-state index < -0.39 is 12.8 Å². The first-order chi connectivity index (χ1) is 9.37. The van der Waals surface area contributed by atoms with Crippen LogP contribution < -0.4 is 10.5 Å². The highest BCUT2D eigenvalue weighted by Gasteiger charge is 2.28. The molecular weight excluding hydrogens is 269 g/mol. The fourth-order valence-corrected chi connectivity index (χ4v) is 1.79. The second-order valence-electron chi connectivity index (χ2n) is 4.29. The monoisotopic (exact) mass is 282 g/mol. The van der Waals surface area contributed by atoms with Crippen molar-refractivity contribution in [2.45, 2.75) is 13.1 Å². The van der Waals surface area contributed by atoms with E-state index >= 15 is 0 Å². The number of aromatic nitrogens is 1. The molecule has 0 spiro atoms. The Labute approximate surface area is 114 Å². The second kappa shape index (κ2) is 5.40. The Balaban J connectivity index is 2.33. The lowest BCUT2D eigenvalue weighted by molar-refractivity contribution is -0.153. The van der Waals surface area contributed by atoms with Gasteiger partial charge in [0, 0.05) is 28.7 Å². The van der Waals surface area contributed by atoms with Crippen LogP contribution in [0.4, 0.5) is 18.9 Å². The van der Waals surface area contributed by atoms with E-state index in [2.05, 4.69) is 4.98 Å². The Morgan fingerprint density at radius 3 is 2.60 bits per heavy atom. The predicted octanol–water partition coefficient (Wildman–Crippen LogP) is 3.58. The largest absolute Gasteiger partial charge is 0.484 e. The number of alkyl halides is 3. The van der Waals surface area contributed by atoms with Crippen molar-refractivity contribution >= 4 is 5.69 Å². The summed E-state index contributed by atoms with van der Waals surface area (Å²) in [4.78, 5) is 4.14. The minimum atomic E-state index is -4.37. The van der Waals surface area contributed by atoms with Gasteiger partial charge in [0.2, 0.25) is 0 Å². The van der Waals surface area contributed by atoms with E-state index in [9.17, 15) is 13.2 Å². The number of nitrogens with two attached hydrogens (primary N) is 1. The average molecular weight is 282 g/mol. The van der Waals surface area contributed by atoms with E-state index in [0.717, 1.165) is 11.3 Å². The molecule has 0 aliphatic heterocycles. The Bertz CT molecular complexity index is 612. The van der Waals surface area contributed by atoms with E-state index in [1.807, 2.05) is 6.07 Å². The van der Waals surface area contributed by atoms with Crippen LogP contribution in [0.25, 0.3) is 11.1 Å². The zero-order chi connectivity index (χ0) is 14.8. The Kier molecular flexibility index (Phi) is 3.83. The summed E-state index contributed by atoms with van der Waals surface area (Å²) in [5, 5.41) is 0. The SMILES string of the molecule is Cc1ncccc1-c1cc(OCC(F)(F)F)ccc1N. The van der Waals surface area contributed by atoms with E-state index in [4.69, 9.17) is 10.5 Å². The molecule has 1 aromatic carbocycles. The minimum Gasteiger partial charge on any atom is -0.484 e. The number of rotatable bonds is 3. The molecule has 0 unspecified atom stereocenters. The van der Waals surface area contributed by atoms with Crippen molar-refractivity contribution < 1.29 is 17.9 Å². The van der Waals surface area contributed by atoms with Crippen LogP contribution in [0.1, 0.15) is 5.69 Å². The lowest BCUT2D eigenvalue weighted by atomic mass is 10.0. The van der Waals surface area contributed by atoms with Crippen molar-refractivity contribution in [2.24, 2.45) is 0 Å². The van der Waals surface area contributed by atoms with Gasteiger partial charge < -0.3 is 10.5 Å². The summed E-state index contributed by atoms with van der Waals surface area (Å²) < 4.78 is 41.2. The number of ether oxygens (including phenoxy) is 1. The molecule has 3 nitrogen and oxygen atoms in total. The maximum atomic E-state index is 12.1. The van der Waals surface area contributed by atoms with E-state index in [-0.39, 0.29) is 5.75 Å². The summed E-state index contributed by atoms with van der Waals surface area (Å²) in [6.07, 6.45) is -2.73. The summed E-state index contributed by atoms with van der Waals surface area (Å²) in [6, 6.07) is 7.97. The van der Waals surface area contributed by atoms with Crippen LogP contribution in [0.15, 0.2) is 36.5 Å². The van der Waals surface area contributed by atoms with Gasteiger partial charge in [0.1, 0.15) is 5.75 Å². The molecule has 2 rings (SSSR count). The number of nitrogen functional groups attached to an aromatic ring is 1. The number of halogens is 3. The van der Waals surface area contributed by atoms with E-state index in [1.165, 1.54) is 18.2 Å².